The van der Waals surface area contributed by atoms with Crippen molar-refractivity contribution in [2.24, 2.45) is 10.3 Å². The van der Waals surface area contributed by atoms with Crippen LogP contribution in [0.5, 0.6) is 5.88 Å². The van der Waals surface area contributed by atoms with Crippen LogP contribution in [0.15, 0.2) is 164 Å². The molecule has 4 aliphatic heterocycles. The van der Waals surface area contributed by atoms with Crippen LogP contribution in [-0.2, 0) is 38.7 Å². The highest BCUT2D eigenvalue weighted by Gasteiger charge is 2.31. The minimum Gasteiger partial charge on any atom is -0.494 e. The van der Waals surface area contributed by atoms with Crippen LogP contribution in [-0.4, -0.2) is 116 Å². The number of nitrogens with zero attached hydrogens (tertiary/aromatic N) is 6. The maximum absolute atomic E-state index is 13.3. The van der Waals surface area contributed by atoms with Gasteiger partial charge in [-0.05, 0) is 142 Å². The van der Waals surface area contributed by atoms with Crippen molar-refractivity contribution >= 4 is 92.0 Å². The van der Waals surface area contributed by atoms with E-state index >= 15 is 0 Å². The van der Waals surface area contributed by atoms with E-state index in [9.17, 15) is 51.9 Å². The van der Waals surface area contributed by atoms with Crippen LogP contribution in [0.1, 0.15) is 95.6 Å². The number of carboxylic acid groups (broad SMARTS) is 2. The quantitative estimate of drug-likeness (QED) is 0.0290. The number of benzene rings is 5. The number of nitrogens with one attached hydrogen (secondary N) is 3. The molecule has 0 saturated heterocycles. The third-order valence-electron chi connectivity index (χ3n) is 15.1. The maximum Gasteiger partial charge on any atom is 0.368 e. The third-order valence-corrected chi connectivity index (χ3v) is 16.5. The van der Waals surface area contributed by atoms with Gasteiger partial charge >= 0.3 is 29.8 Å². The molecule has 11 rings (SSSR count). The van der Waals surface area contributed by atoms with Crippen molar-refractivity contribution in [1.82, 2.24) is 24.3 Å². The van der Waals surface area contributed by atoms with E-state index in [1.165, 1.54) is 110 Å². The summed E-state index contributed by atoms with van der Waals surface area (Å²) in [5.74, 6) is -4.61. The van der Waals surface area contributed by atoms with Gasteiger partial charge in [-0.3, -0.25) is 19.1 Å². The molecule has 2 unspecified atom stereocenters. The second-order valence-corrected chi connectivity index (χ2v) is 22.6. The zero-order valence-corrected chi connectivity index (χ0v) is 50.5. The summed E-state index contributed by atoms with van der Waals surface area (Å²) in [6, 6.07) is 29.8. The van der Waals surface area contributed by atoms with Crippen LogP contribution in [0.3, 0.4) is 0 Å². The Morgan fingerprint density at radius 2 is 1.47 bits per heavy atom. The number of para-hydroxylation sites is 1. The average Bonchev–Trinajstić information content (AvgIpc) is 1.63. The number of fused-ring (bicyclic) bond motifs is 3. The number of aromatic carboxylic acids is 2. The van der Waals surface area contributed by atoms with Crippen LogP contribution in [0, 0.1) is 13.8 Å². The Labute approximate surface area is 521 Å². The summed E-state index contributed by atoms with van der Waals surface area (Å²) in [6.07, 6.45) is 8.26. The third kappa shape index (κ3) is 12.7. The van der Waals surface area contributed by atoms with Gasteiger partial charge in [-0.15, -0.1) is 10.2 Å². The Morgan fingerprint density at radius 3 is 2.13 bits per heavy atom. The summed E-state index contributed by atoms with van der Waals surface area (Å²) in [6.45, 7) is 6.93. The maximum atomic E-state index is 13.3. The number of hydrogen-bond donors (Lipinski definition) is 6. The second kappa shape index (κ2) is 26.1. The van der Waals surface area contributed by atoms with Crippen molar-refractivity contribution in [1.29, 1.82) is 0 Å². The highest BCUT2D eigenvalue weighted by molar-refractivity contribution is 7.92. The fourth-order valence-electron chi connectivity index (χ4n) is 10.1. The molecule has 92 heavy (non-hydrogen) atoms. The number of carboxylic acids is 2. The van der Waals surface area contributed by atoms with Gasteiger partial charge in [0.2, 0.25) is 0 Å². The van der Waals surface area contributed by atoms with Crippen LogP contribution in [0.4, 0.5) is 11.4 Å². The van der Waals surface area contributed by atoms with Crippen molar-refractivity contribution in [3.63, 3.8) is 0 Å². The summed E-state index contributed by atoms with van der Waals surface area (Å²) in [4.78, 5) is 110. The van der Waals surface area contributed by atoms with E-state index in [0.29, 0.717) is 40.0 Å². The van der Waals surface area contributed by atoms with Gasteiger partial charge < -0.3 is 48.9 Å². The molecule has 2 aromatic heterocycles. The minimum atomic E-state index is -4.07. The van der Waals surface area contributed by atoms with Crippen molar-refractivity contribution in [2.75, 3.05) is 30.6 Å². The highest BCUT2D eigenvalue weighted by atomic mass is 32.2. The number of pyridine rings is 2. The summed E-state index contributed by atoms with van der Waals surface area (Å²) in [5.41, 5.74) is 3.93. The average molecular weight is 1270 g/mol. The molecule has 468 valence electrons. The summed E-state index contributed by atoms with van der Waals surface area (Å²) >= 11 is 0. The predicted octanol–water partition coefficient (Wildman–Crippen LogP) is 6.86. The van der Waals surface area contributed by atoms with Gasteiger partial charge in [0.15, 0.2) is 17.2 Å². The first kappa shape index (κ1) is 63.2. The number of methoxy groups -OCH3 is 2. The topological polar surface area (TPSA) is 363 Å². The number of amides is 1. The number of aromatic amines is 2. The fraction of sp³-hybridized carbons (Fsp3) is 0.154. The molecular formula is C65H55N9O17S. The van der Waals surface area contributed by atoms with Crippen LogP contribution >= 0.6 is 0 Å². The van der Waals surface area contributed by atoms with Gasteiger partial charge in [-0.2, -0.15) is 9.69 Å². The fourth-order valence-corrected chi connectivity index (χ4v) is 11.2. The van der Waals surface area contributed by atoms with E-state index < -0.39 is 62.9 Å². The molecule has 0 radical (unpaired) electrons. The lowest BCUT2D eigenvalue weighted by atomic mass is 10.0. The van der Waals surface area contributed by atoms with E-state index in [1.807, 2.05) is 31.2 Å². The lowest BCUT2D eigenvalue weighted by Crippen LogP contribution is -2.38. The molecule has 6 N–H and O–H groups in total. The molecule has 5 aromatic carbocycles. The largest absolute Gasteiger partial charge is 0.494 e. The summed E-state index contributed by atoms with van der Waals surface area (Å²) in [5, 5.41) is 43.4. The molecule has 6 heterocycles. The lowest BCUT2D eigenvalue weighted by Gasteiger charge is -2.12. The molecule has 1 amide bonds. The first-order chi connectivity index (χ1) is 44.0. The molecule has 0 saturated carbocycles. The monoisotopic (exact) mass is 1270 g/mol. The number of rotatable bonds is 18. The van der Waals surface area contributed by atoms with Crippen molar-refractivity contribution in [3.05, 3.63) is 221 Å². The number of oxime groups is 1. The van der Waals surface area contributed by atoms with E-state index in [4.69, 9.17) is 29.3 Å². The number of carbonyl (C=O) groups is 6. The Kier molecular flexibility index (Phi) is 17.9. The van der Waals surface area contributed by atoms with E-state index in [1.54, 1.807) is 56.9 Å². The Bertz CT molecular complexity index is 4930. The van der Waals surface area contributed by atoms with Crippen molar-refractivity contribution in [2.45, 2.75) is 51.2 Å². The van der Waals surface area contributed by atoms with Crippen molar-refractivity contribution in [3.8, 4) is 23.0 Å². The Balaban J connectivity index is 0.000000202. The highest BCUT2D eigenvalue weighted by Crippen LogP contribution is 2.32. The number of allylic oxidation sites excluding steroid dienone is 1. The van der Waals surface area contributed by atoms with Gasteiger partial charge in [0.05, 0.1) is 69.5 Å². The molecule has 4 aliphatic rings. The van der Waals surface area contributed by atoms with Gasteiger partial charge in [-0.1, -0.05) is 47.6 Å². The van der Waals surface area contributed by atoms with Crippen LogP contribution in [0.25, 0.3) is 46.2 Å². The number of sulfonamides is 1. The minimum absolute atomic E-state index is 0.0433. The predicted molar refractivity (Wildman–Crippen MR) is 335 cm³/mol. The van der Waals surface area contributed by atoms with Gasteiger partial charge in [0, 0.05) is 58.2 Å². The van der Waals surface area contributed by atoms with Gasteiger partial charge in [0.1, 0.15) is 11.8 Å². The zero-order valence-electron chi connectivity index (χ0n) is 49.7. The molecule has 0 spiro atoms. The van der Waals surface area contributed by atoms with E-state index in [-0.39, 0.29) is 90.4 Å². The number of carbonyl (C=O) groups excluding carboxylic acids is 4. The first-order valence-electron chi connectivity index (χ1n) is 28.0. The standard InChI is InChI=1S/C34H33N3O9S.C31H22N6O8/c1-21(43-3)16-17-45-33(39)24-8-7-9-27(18-24)47(41,42)36-26-14-12-23(13-15-26)31-29(34(40)46-35-31)19-25-20-37(22(2)32(38)44-4)30-11-6-5-10-28(25)30;1-14-20(26(38)32-24-22(14)28(40)36(34-24)18-10-6-16(7-11-18)30(42)43)4-3-5-21-15(2)23-25(33-27(21)39)35-37(29(23)41)19-12-8-17(9-13-19)31(44)45/h5-15,18-22,36H,16-17H2,1-4H3;3-13H,1-2H3,(H,42,43)(H,44,45)(H,32,34,38)(H2,33,35,39)/b29-19-;5-3?,20-4-. The number of esters is 2. The second-order valence-electron chi connectivity index (χ2n) is 20.9. The number of anilines is 2. The number of aromatic nitrogens is 5. The first-order valence-corrected chi connectivity index (χ1v) is 29.4. The Hall–Kier alpha value is -11.8. The lowest BCUT2D eigenvalue weighted by molar-refractivity contribution is -0.144. The number of ether oxygens (including phenoxy) is 3. The number of aromatic hydroxyl groups is 1. The van der Waals surface area contributed by atoms with Gasteiger partial charge in [-0.25, -0.2) is 32.4 Å². The molecule has 0 bridgehead atoms. The van der Waals surface area contributed by atoms with Gasteiger partial charge in [0.25, 0.3) is 27.0 Å². The smallest absolute Gasteiger partial charge is 0.368 e. The SMILES string of the molecule is COC(=O)C(C)n1cc(/C=C2\C(=O)ON=C2c2ccc(NS(=O)(=O)c3cccc(C(=O)OCCC(C)OC)c3)cc2)c2ccccc21.Cc1c(C=C/C=c2/c(C)c3c([nH]c2=O)=NN(c2ccc(C(=O)O)cc2)C3=O)c(O)[nH]c2nn(-c3ccc(C(=O)O)cc3)c(=O)c1-2. The van der Waals surface area contributed by atoms with Crippen LogP contribution < -0.4 is 31.6 Å². The van der Waals surface area contributed by atoms with E-state index in [0.717, 1.165) is 20.6 Å². The molecule has 7 aromatic rings. The van der Waals surface area contributed by atoms with Crippen LogP contribution in [0.2, 0.25) is 0 Å². The Morgan fingerprint density at radius 1 is 0.793 bits per heavy atom. The molecular weight excluding hydrogens is 1210 g/mol. The normalized spacial score (nSPS) is 14.2. The zero-order chi connectivity index (χ0) is 65.9. The summed E-state index contributed by atoms with van der Waals surface area (Å²) in [7, 11) is -1.18. The molecule has 0 fully saturated rings. The molecule has 0 aliphatic carbocycles. The summed E-state index contributed by atoms with van der Waals surface area (Å²) < 4.78 is 47.0. The van der Waals surface area contributed by atoms with Crippen molar-refractivity contribution < 1.29 is 71.6 Å². The molecule has 2 atom stereocenters. The number of hydrogen-bond acceptors (Lipinski definition) is 18. The molecule has 26 nitrogen and oxygen atoms in total. The molecule has 27 heteroatoms. The number of H-pyrrole nitrogens is 2. The van der Waals surface area contributed by atoms with E-state index in [2.05, 4.69) is 30.0 Å².